The van der Waals surface area contributed by atoms with Crippen molar-refractivity contribution >= 4 is 17.4 Å². The molecular weight excluding hydrogens is 280 g/mol. The molecule has 0 fully saturated rings. The van der Waals surface area contributed by atoms with E-state index in [-0.39, 0.29) is 0 Å². The van der Waals surface area contributed by atoms with Gasteiger partial charge in [0.15, 0.2) is 0 Å². The number of rotatable bonds is 17. The normalized spacial score (nSPS) is 11.0. The van der Waals surface area contributed by atoms with Gasteiger partial charge in [0.1, 0.15) is 5.78 Å². The molecule has 0 radical (unpaired) electrons. The van der Waals surface area contributed by atoms with Crippen LogP contribution in [0.1, 0.15) is 110 Å². The number of ketones is 1. The Labute approximate surface area is 138 Å². The van der Waals surface area contributed by atoms with E-state index in [0.717, 1.165) is 19.3 Å². The maximum atomic E-state index is 11.4. The van der Waals surface area contributed by atoms with Crippen molar-refractivity contribution in [2.45, 2.75) is 110 Å². The number of hydrogen-bond donors (Lipinski definition) is 0. The van der Waals surface area contributed by atoms with E-state index in [1.165, 1.54) is 77.0 Å². The predicted octanol–water partition coefficient (Wildman–Crippen LogP) is 7.06. The zero-order valence-corrected chi connectivity index (χ0v) is 15.1. The van der Waals surface area contributed by atoms with Crippen molar-refractivity contribution in [1.82, 2.24) is 0 Å². The van der Waals surface area contributed by atoms with Crippen molar-refractivity contribution in [2.24, 2.45) is 0 Å². The van der Waals surface area contributed by atoms with E-state index in [1.807, 2.05) is 0 Å². The Bertz CT molecular complexity index is 216. The van der Waals surface area contributed by atoms with Crippen molar-refractivity contribution in [2.75, 3.05) is 5.88 Å². The predicted molar refractivity (Wildman–Crippen MR) is 95.3 cm³/mol. The Morgan fingerprint density at radius 1 is 0.619 bits per heavy atom. The van der Waals surface area contributed by atoms with Crippen LogP contribution in [0.4, 0.5) is 0 Å². The van der Waals surface area contributed by atoms with Gasteiger partial charge < -0.3 is 0 Å². The van der Waals surface area contributed by atoms with Crippen LogP contribution in [0.2, 0.25) is 0 Å². The van der Waals surface area contributed by atoms with Gasteiger partial charge in [0, 0.05) is 18.7 Å². The highest BCUT2D eigenvalue weighted by atomic mass is 35.5. The van der Waals surface area contributed by atoms with Crippen LogP contribution >= 0.6 is 11.6 Å². The van der Waals surface area contributed by atoms with Gasteiger partial charge in [-0.05, 0) is 12.8 Å². The lowest BCUT2D eigenvalue weighted by molar-refractivity contribution is -0.119. The van der Waals surface area contributed by atoms with Crippen LogP contribution in [0.15, 0.2) is 0 Å². The van der Waals surface area contributed by atoms with E-state index in [0.29, 0.717) is 18.1 Å². The second-order valence-electron chi connectivity index (χ2n) is 6.32. The van der Waals surface area contributed by atoms with E-state index >= 15 is 0 Å². The maximum absolute atomic E-state index is 11.4. The van der Waals surface area contributed by atoms with Gasteiger partial charge in [0.2, 0.25) is 0 Å². The van der Waals surface area contributed by atoms with E-state index in [1.54, 1.807) is 0 Å². The molecule has 0 saturated heterocycles. The van der Waals surface area contributed by atoms with Crippen LogP contribution in [-0.2, 0) is 4.79 Å². The first-order valence-electron chi connectivity index (χ1n) is 9.39. The molecule has 0 rings (SSSR count). The SMILES string of the molecule is CCCCCCCCCCCCCCCC(=O)CCCCl. The van der Waals surface area contributed by atoms with Crippen LogP contribution in [0.5, 0.6) is 0 Å². The lowest BCUT2D eigenvalue weighted by Crippen LogP contribution is -1.97. The molecule has 0 aromatic carbocycles. The van der Waals surface area contributed by atoms with Gasteiger partial charge >= 0.3 is 0 Å². The minimum Gasteiger partial charge on any atom is -0.300 e. The molecule has 0 amide bonds. The summed E-state index contributed by atoms with van der Waals surface area (Å²) in [5.41, 5.74) is 0. The lowest BCUT2D eigenvalue weighted by Gasteiger charge is -2.03. The quantitative estimate of drug-likeness (QED) is 0.207. The Hall–Kier alpha value is -0.0400. The number of halogens is 1. The Morgan fingerprint density at radius 2 is 1.00 bits per heavy atom. The van der Waals surface area contributed by atoms with Gasteiger partial charge in [0.05, 0.1) is 0 Å². The third-order valence-corrected chi connectivity index (χ3v) is 4.42. The first-order chi connectivity index (χ1) is 10.3. The summed E-state index contributed by atoms with van der Waals surface area (Å²) in [7, 11) is 0. The zero-order valence-electron chi connectivity index (χ0n) is 14.3. The molecule has 0 aliphatic rings. The third-order valence-electron chi connectivity index (χ3n) is 4.15. The summed E-state index contributed by atoms with van der Waals surface area (Å²) >= 11 is 5.58. The summed E-state index contributed by atoms with van der Waals surface area (Å²) in [6.07, 6.45) is 20.0. The van der Waals surface area contributed by atoms with Crippen LogP contribution < -0.4 is 0 Å². The molecule has 21 heavy (non-hydrogen) atoms. The second kappa shape index (κ2) is 18.0. The minimum atomic E-state index is 0.402. The molecule has 0 bridgehead atoms. The molecule has 0 spiro atoms. The monoisotopic (exact) mass is 316 g/mol. The Balaban J connectivity index is 3.04. The molecule has 0 saturated carbocycles. The number of carbonyl (C=O) groups excluding carboxylic acids is 1. The van der Waals surface area contributed by atoms with Crippen molar-refractivity contribution in [3.8, 4) is 0 Å². The molecule has 0 aromatic rings. The number of Topliss-reactive ketones (excluding diaryl/α,β-unsaturated/α-hetero) is 1. The summed E-state index contributed by atoms with van der Waals surface area (Å²) < 4.78 is 0. The topological polar surface area (TPSA) is 17.1 Å². The minimum absolute atomic E-state index is 0.402. The first-order valence-corrected chi connectivity index (χ1v) is 9.92. The number of alkyl halides is 1. The summed E-state index contributed by atoms with van der Waals surface area (Å²) in [6, 6.07) is 0. The van der Waals surface area contributed by atoms with Crippen LogP contribution in [0.3, 0.4) is 0 Å². The summed E-state index contributed by atoms with van der Waals surface area (Å²) in [5.74, 6) is 1.02. The molecular formula is C19H37ClO. The van der Waals surface area contributed by atoms with Crippen molar-refractivity contribution in [3.63, 3.8) is 0 Å². The first kappa shape index (κ1) is 21.0. The zero-order chi connectivity index (χ0) is 15.6. The standard InChI is InChI=1S/C19H37ClO/c1-2-3-4-5-6-7-8-9-10-11-12-13-14-16-19(21)17-15-18-20/h2-18H2,1H3. The van der Waals surface area contributed by atoms with Crippen LogP contribution in [-0.4, -0.2) is 11.7 Å². The number of hydrogen-bond acceptors (Lipinski definition) is 1. The fourth-order valence-electron chi connectivity index (χ4n) is 2.73. The molecule has 1 nitrogen and oxygen atoms in total. The van der Waals surface area contributed by atoms with Gasteiger partial charge in [-0.25, -0.2) is 0 Å². The van der Waals surface area contributed by atoms with E-state index in [4.69, 9.17) is 11.6 Å². The smallest absolute Gasteiger partial charge is 0.132 e. The van der Waals surface area contributed by atoms with E-state index < -0.39 is 0 Å². The second-order valence-corrected chi connectivity index (χ2v) is 6.70. The third kappa shape index (κ3) is 17.9. The molecule has 0 N–H and O–H groups in total. The molecule has 0 heterocycles. The molecule has 0 aliphatic heterocycles. The van der Waals surface area contributed by atoms with Gasteiger partial charge in [-0.3, -0.25) is 4.79 Å². The highest BCUT2D eigenvalue weighted by Crippen LogP contribution is 2.13. The summed E-state index contributed by atoms with van der Waals surface area (Å²) in [6.45, 7) is 2.27. The largest absolute Gasteiger partial charge is 0.300 e. The fourth-order valence-corrected chi connectivity index (χ4v) is 2.86. The van der Waals surface area contributed by atoms with E-state index in [9.17, 15) is 4.79 Å². The van der Waals surface area contributed by atoms with Crippen molar-refractivity contribution in [3.05, 3.63) is 0 Å². The summed E-state index contributed by atoms with van der Waals surface area (Å²) in [5, 5.41) is 0. The average molecular weight is 317 g/mol. The molecule has 2 heteroatoms. The Kier molecular flexibility index (Phi) is 18.0. The van der Waals surface area contributed by atoms with Crippen LogP contribution in [0.25, 0.3) is 0 Å². The maximum Gasteiger partial charge on any atom is 0.132 e. The highest BCUT2D eigenvalue weighted by Gasteiger charge is 2.01. The summed E-state index contributed by atoms with van der Waals surface area (Å²) in [4.78, 5) is 11.4. The molecule has 126 valence electrons. The molecule has 0 aromatic heterocycles. The van der Waals surface area contributed by atoms with Crippen molar-refractivity contribution in [1.29, 1.82) is 0 Å². The fraction of sp³-hybridized carbons (Fsp3) is 0.947. The van der Waals surface area contributed by atoms with Gasteiger partial charge in [0.25, 0.3) is 0 Å². The van der Waals surface area contributed by atoms with Crippen LogP contribution in [0, 0.1) is 0 Å². The molecule has 0 aliphatic carbocycles. The lowest BCUT2D eigenvalue weighted by atomic mass is 10.0. The van der Waals surface area contributed by atoms with Gasteiger partial charge in [-0.1, -0.05) is 84.0 Å². The highest BCUT2D eigenvalue weighted by molar-refractivity contribution is 6.17. The molecule has 0 unspecified atom stereocenters. The number of carbonyl (C=O) groups is 1. The van der Waals surface area contributed by atoms with Gasteiger partial charge in [-0.2, -0.15) is 0 Å². The average Bonchev–Trinajstić information content (AvgIpc) is 2.49. The molecule has 0 atom stereocenters. The van der Waals surface area contributed by atoms with E-state index in [2.05, 4.69) is 6.92 Å². The van der Waals surface area contributed by atoms with Gasteiger partial charge in [-0.15, -0.1) is 11.6 Å². The van der Waals surface area contributed by atoms with Crippen molar-refractivity contribution < 1.29 is 4.79 Å². The Morgan fingerprint density at radius 3 is 1.43 bits per heavy atom. The number of unbranched alkanes of at least 4 members (excludes halogenated alkanes) is 12.